The number of carbonyl (C=O) groups is 1. The van der Waals surface area contributed by atoms with Gasteiger partial charge in [0.2, 0.25) is 0 Å². The van der Waals surface area contributed by atoms with E-state index in [0.29, 0.717) is 17.9 Å². The molecule has 0 N–H and O–H groups in total. The molecule has 2 aliphatic heterocycles. The molecule has 0 amide bonds. The summed E-state index contributed by atoms with van der Waals surface area (Å²) < 4.78 is 10.4. The number of fused-ring (bicyclic) bond motifs is 1. The van der Waals surface area contributed by atoms with Crippen LogP contribution in [0.15, 0.2) is 29.3 Å². The van der Waals surface area contributed by atoms with Crippen LogP contribution in [0.5, 0.6) is 5.75 Å². The van der Waals surface area contributed by atoms with Gasteiger partial charge in [0, 0.05) is 36.7 Å². The first-order valence-electron chi connectivity index (χ1n) is 7.96. The van der Waals surface area contributed by atoms with Crippen LogP contribution >= 0.6 is 0 Å². The summed E-state index contributed by atoms with van der Waals surface area (Å²) in [4.78, 5) is 29.2. The highest BCUT2D eigenvalue weighted by Gasteiger charge is 2.43. The molecular formula is C16H19N3O5. The van der Waals surface area contributed by atoms with Crippen LogP contribution < -0.4 is 4.74 Å². The maximum absolute atomic E-state index is 11.9. The molecule has 3 rings (SSSR count). The number of nitro groups is 1. The Morgan fingerprint density at radius 3 is 2.79 bits per heavy atom. The molecule has 1 unspecified atom stereocenters. The first-order valence-corrected chi connectivity index (χ1v) is 7.96. The highest BCUT2D eigenvalue weighted by Crippen LogP contribution is 2.26. The largest absolute Gasteiger partial charge is 0.420 e. The van der Waals surface area contributed by atoms with Crippen molar-refractivity contribution in [1.82, 2.24) is 4.90 Å². The number of benzene rings is 1. The summed E-state index contributed by atoms with van der Waals surface area (Å²) in [5.41, 5.74) is 0.707. The number of para-hydroxylation sites is 1. The molecule has 8 nitrogen and oxygen atoms in total. The van der Waals surface area contributed by atoms with Gasteiger partial charge in [-0.05, 0) is 18.6 Å². The summed E-state index contributed by atoms with van der Waals surface area (Å²) in [6, 6.07) is 5.22. The fourth-order valence-electron chi connectivity index (χ4n) is 2.87. The van der Waals surface area contributed by atoms with Crippen molar-refractivity contribution in [2.24, 2.45) is 4.99 Å². The normalized spacial score (nSPS) is 22.9. The van der Waals surface area contributed by atoms with Gasteiger partial charge in [0.1, 0.15) is 11.5 Å². The molecule has 1 aromatic carbocycles. The van der Waals surface area contributed by atoms with Gasteiger partial charge in [0.05, 0.1) is 13.2 Å². The van der Waals surface area contributed by atoms with Crippen LogP contribution in [-0.2, 0) is 9.53 Å². The number of rotatable bonds is 5. The monoisotopic (exact) mass is 333 g/mol. The molecule has 0 radical (unpaired) electrons. The Labute approximate surface area is 139 Å². The third-order valence-electron chi connectivity index (χ3n) is 4.08. The van der Waals surface area contributed by atoms with Crippen LogP contribution in [-0.4, -0.2) is 66.9 Å². The van der Waals surface area contributed by atoms with E-state index in [4.69, 9.17) is 9.47 Å². The van der Waals surface area contributed by atoms with Gasteiger partial charge in [0.25, 0.3) is 0 Å². The van der Waals surface area contributed by atoms with E-state index in [1.165, 1.54) is 0 Å². The predicted octanol–water partition coefficient (Wildman–Crippen LogP) is 0.762. The van der Waals surface area contributed by atoms with Gasteiger partial charge in [-0.2, -0.15) is 0 Å². The van der Waals surface area contributed by atoms with Crippen molar-refractivity contribution in [2.45, 2.75) is 12.5 Å². The zero-order valence-electron chi connectivity index (χ0n) is 13.2. The van der Waals surface area contributed by atoms with Gasteiger partial charge < -0.3 is 9.47 Å². The molecule has 0 spiro atoms. The molecule has 0 bridgehead atoms. The Morgan fingerprint density at radius 1 is 1.29 bits per heavy atom. The molecule has 1 fully saturated rings. The lowest BCUT2D eigenvalue weighted by atomic mass is 9.99. The third-order valence-corrected chi connectivity index (χ3v) is 4.08. The number of ether oxygens (including phenoxy) is 2. The fraction of sp³-hybridized carbons (Fsp3) is 0.500. The maximum atomic E-state index is 11.9. The Balaban J connectivity index is 1.72. The summed E-state index contributed by atoms with van der Waals surface area (Å²) in [7, 11) is 0. The van der Waals surface area contributed by atoms with Crippen LogP contribution in [0.2, 0.25) is 0 Å². The Bertz CT molecular complexity index is 655. The van der Waals surface area contributed by atoms with Gasteiger partial charge >= 0.3 is 12.0 Å². The van der Waals surface area contributed by atoms with Crippen LogP contribution in [0.1, 0.15) is 12.0 Å². The van der Waals surface area contributed by atoms with Crippen molar-refractivity contribution in [3.8, 4) is 5.75 Å². The second kappa shape index (κ2) is 7.50. The van der Waals surface area contributed by atoms with E-state index >= 15 is 0 Å². The van der Waals surface area contributed by atoms with Gasteiger partial charge in [-0.3, -0.25) is 20.0 Å². The Hall–Kier alpha value is -2.32. The summed E-state index contributed by atoms with van der Waals surface area (Å²) in [6.07, 6.45) is 0.769. The van der Waals surface area contributed by atoms with E-state index in [1.807, 2.05) is 0 Å². The molecule has 2 heterocycles. The molecule has 1 atom stereocenters. The smallest absolute Gasteiger partial charge is 0.393 e. The molecule has 8 heteroatoms. The van der Waals surface area contributed by atoms with Crippen molar-refractivity contribution in [3.05, 3.63) is 39.9 Å². The lowest BCUT2D eigenvalue weighted by Gasteiger charge is -2.26. The fourth-order valence-corrected chi connectivity index (χ4v) is 2.87. The first kappa shape index (κ1) is 16.5. The minimum atomic E-state index is -1.55. The quantitative estimate of drug-likeness (QED) is 0.260. The number of morpholine rings is 1. The maximum Gasteiger partial charge on any atom is 0.393 e. The van der Waals surface area contributed by atoms with Crippen molar-refractivity contribution < 1.29 is 19.2 Å². The number of nitrogens with zero attached hydrogens (tertiary/aromatic N) is 3. The topological polar surface area (TPSA) is 94.3 Å². The van der Waals surface area contributed by atoms with E-state index in [2.05, 4.69) is 9.89 Å². The molecule has 1 aromatic rings. The third kappa shape index (κ3) is 3.60. The van der Waals surface area contributed by atoms with Crippen LogP contribution in [0.3, 0.4) is 0 Å². The lowest BCUT2D eigenvalue weighted by Crippen LogP contribution is -2.44. The van der Waals surface area contributed by atoms with Crippen molar-refractivity contribution >= 4 is 11.7 Å². The first-order chi connectivity index (χ1) is 11.7. The number of carbonyl (C=O) groups excluding carboxylic acids is 1. The average Bonchev–Trinajstić information content (AvgIpc) is 2.58. The Morgan fingerprint density at radius 2 is 2.04 bits per heavy atom. The molecule has 0 aliphatic carbocycles. The van der Waals surface area contributed by atoms with Gasteiger partial charge in [-0.1, -0.05) is 12.1 Å². The summed E-state index contributed by atoms with van der Waals surface area (Å²) >= 11 is 0. The van der Waals surface area contributed by atoms with Crippen molar-refractivity contribution in [2.75, 3.05) is 39.4 Å². The van der Waals surface area contributed by atoms with E-state index in [-0.39, 0.29) is 5.71 Å². The number of hydrogen-bond acceptors (Lipinski definition) is 7. The van der Waals surface area contributed by atoms with Crippen molar-refractivity contribution in [3.63, 3.8) is 0 Å². The standard InChI is InChI=1S/C16H19N3O5/c20-16-15(19(21)22)14(12-4-1-2-5-13(12)24-16)17-6-3-7-18-8-10-23-11-9-18/h1-2,4-5,15H,3,6-11H2. The van der Waals surface area contributed by atoms with E-state index < -0.39 is 16.9 Å². The van der Waals surface area contributed by atoms with Gasteiger partial charge in [0.15, 0.2) is 0 Å². The summed E-state index contributed by atoms with van der Waals surface area (Å²) in [5, 5.41) is 11.3. The highest BCUT2D eigenvalue weighted by molar-refractivity contribution is 6.18. The van der Waals surface area contributed by atoms with Crippen LogP contribution in [0.25, 0.3) is 0 Å². The van der Waals surface area contributed by atoms with E-state index in [9.17, 15) is 14.9 Å². The molecule has 2 aliphatic rings. The highest BCUT2D eigenvalue weighted by atomic mass is 16.6. The van der Waals surface area contributed by atoms with Crippen LogP contribution in [0, 0.1) is 10.1 Å². The second-order valence-electron chi connectivity index (χ2n) is 5.68. The molecule has 0 aromatic heterocycles. The summed E-state index contributed by atoms with van der Waals surface area (Å²) in [5.74, 6) is -0.557. The van der Waals surface area contributed by atoms with Crippen molar-refractivity contribution in [1.29, 1.82) is 0 Å². The molecule has 1 saturated heterocycles. The lowest BCUT2D eigenvalue weighted by molar-refractivity contribution is -0.491. The Kier molecular flexibility index (Phi) is 5.17. The zero-order valence-corrected chi connectivity index (χ0v) is 13.2. The average molecular weight is 333 g/mol. The molecule has 24 heavy (non-hydrogen) atoms. The minimum absolute atomic E-state index is 0.189. The van der Waals surface area contributed by atoms with Crippen LogP contribution in [0.4, 0.5) is 0 Å². The van der Waals surface area contributed by atoms with E-state index in [0.717, 1.165) is 39.3 Å². The van der Waals surface area contributed by atoms with Gasteiger partial charge in [-0.15, -0.1) is 0 Å². The second-order valence-corrected chi connectivity index (χ2v) is 5.68. The number of hydrogen-bond donors (Lipinski definition) is 0. The minimum Gasteiger partial charge on any atom is -0.420 e. The molecule has 0 saturated carbocycles. The zero-order chi connectivity index (χ0) is 16.9. The predicted molar refractivity (Wildman–Crippen MR) is 86.1 cm³/mol. The molecule has 128 valence electrons. The van der Waals surface area contributed by atoms with Gasteiger partial charge in [-0.25, -0.2) is 4.79 Å². The number of aliphatic imine (C=N–C) groups is 1. The summed E-state index contributed by atoms with van der Waals surface area (Å²) in [6.45, 7) is 4.54. The number of esters is 1. The SMILES string of the molecule is O=C1Oc2ccccc2C(=NCCCN2CCOCC2)C1[N+](=O)[O-]. The molecular weight excluding hydrogens is 314 g/mol. The van der Waals surface area contributed by atoms with E-state index in [1.54, 1.807) is 24.3 Å².